The Balaban J connectivity index is 1.88. The Bertz CT molecular complexity index is 615. The van der Waals surface area contributed by atoms with Crippen molar-refractivity contribution in [3.63, 3.8) is 0 Å². The first-order valence-electron chi connectivity index (χ1n) is 10.5. The van der Waals surface area contributed by atoms with Crippen LogP contribution in [0.3, 0.4) is 0 Å². The largest absolute Gasteiger partial charge is 0.493 e. The van der Waals surface area contributed by atoms with Crippen LogP contribution >= 0.6 is 0 Å². The summed E-state index contributed by atoms with van der Waals surface area (Å²) in [6, 6.07) is 6.26. The monoisotopic (exact) mass is 391 g/mol. The van der Waals surface area contributed by atoms with Crippen molar-refractivity contribution in [2.45, 2.75) is 53.2 Å². The van der Waals surface area contributed by atoms with Gasteiger partial charge in [-0.1, -0.05) is 26.0 Å². The Morgan fingerprint density at radius 3 is 2.71 bits per heavy atom. The highest BCUT2D eigenvalue weighted by Gasteiger charge is 2.22. The Morgan fingerprint density at radius 1 is 1.25 bits per heavy atom. The standard InChI is InChI=1S/C22H37N3O3/c1-5-23-22(25-12-20(26)15-27-13-16(2)3)24-11-19-9-6-17(4)10-21(19)28-14-18-7-8-18/h6,9-10,16,18,20,26H,5,7-8,11-15H2,1-4H3,(H2,23,24,25). The molecule has 28 heavy (non-hydrogen) atoms. The lowest BCUT2D eigenvalue weighted by molar-refractivity contribution is 0.0280. The molecule has 158 valence electrons. The summed E-state index contributed by atoms with van der Waals surface area (Å²) in [4.78, 5) is 4.66. The zero-order chi connectivity index (χ0) is 20.4. The van der Waals surface area contributed by atoms with E-state index in [2.05, 4.69) is 54.6 Å². The fourth-order valence-electron chi connectivity index (χ4n) is 2.64. The van der Waals surface area contributed by atoms with Crippen LogP contribution in [0, 0.1) is 18.8 Å². The van der Waals surface area contributed by atoms with Crippen molar-refractivity contribution in [3.8, 4) is 5.75 Å². The molecule has 0 radical (unpaired) electrons. The van der Waals surface area contributed by atoms with Crippen molar-refractivity contribution < 1.29 is 14.6 Å². The first kappa shape index (κ1) is 22.5. The fraction of sp³-hybridized carbons (Fsp3) is 0.682. The zero-order valence-electron chi connectivity index (χ0n) is 17.8. The number of rotatable bonds is 12. The van der Waals surface area contributed by atoms with Crippen LogP contribution in [0.4, 0.5) is 0 Å². The van der Waals surface area contributed by atoms with E-state index in [4.69, 9.17) is 9.47 Å². The summed E-state index contributed by atoms with van der Waals surface area (Å²) in [5.41, 5.74) is 2.26. The zero-order valence-corrected chi connectivity index (χ0v) is 17.8. The summed E-state index contributed by atoms with van der Waals surface area (Å²) in [5, 5.41) is 16.5. The summed E-state index contributed by atoms with van der Waals surface area (Å²) in [5.74, 6) is 2.79. The number of hydrogen-bond donors (Lipinski definition) is 3. The van der Waals surface area contributed by atoms with Crippen LogP contribution in [-0.4, -0.2) is 50.1 Å². The third kappa shape index (κ3) is 8.93. The van der Waals surface area contributed by atoms with Gasteiger partial charge in [-0.05, 0) is 50.2 Å². The third-order valence-corrected chi connectivity index (χ3v) is 4.41. The maximum absolute atomic E-state index is 10.1. The van der Waals surface area contributed by atoms with E-state index in [0.29, 0.717) is 38.2 Å². The molecule has 0 heterocycles. The van der Waals surface area contributed by atoms with Gasteiger partial charge in [0.2, 0.25) is 0 Å². The number of nitrogens with one attached hydrogen (secondary N) is 2. The lowest BCUT2D eigenvalue weighted by Gasteiger charge is -2.16. The second-order valence-corrected chi connectivity index (χ2v) is 8.03. The minimum absolute atomic E-state index is 0.321. The number of nitrogens with zero attached hydrogens (tertiary/aromatic N) is 1. The molecule has 0 saturated heterocycles. The highest BCUT2D eigenvalue weighted by Crippen LogP contribution is 2.30. The van der Waals surface area contributed by atoms with E-state index < -0.39 is 6.10 Å². The van der Waals surface area contributed by atoms with Gasteiger partial charge in [-0.15, -0.1) is 0 Å². The number of aliphatic imine (C=N–C) groups is 1. The molecule has 0 aromatic heterocycles. The summed E-state index contributed by atoms with van der Waals surface area (Å²) < 4.78 is 11.5. The Hall–Kier alpha value is -1.79. The van der Waals surface area contributed by atoms with Crippen molar-refractivity contribution >= 4 is 5.96 Å². The molecular weight excluding hydrogens is 354 g/mol. The third-order valence-electron chi connectivity index (χ3n) is 4.41. The van der Waals surface area contributed by atoms with Gasteiger partial charge in [0.15, 0.2) is 5.96 Å². The maximum Gasteiger partial charge on any atom is 0.191 e. The van der Waals surface area contributed by atoms with Gasteiger partial charge in [0, 0.05) is 25.3 Å². The van der Waals surface area contributed by atoms with E-state index in [9.17, 15) is 5.11 Å². The molecule has 1 aliphatic rings. The predicted octanol–water partition coefficient (Wildman–Crippen LogP) is 2.87. The number of guanidine groups is 1. The van der Waals surface area contributed by atoms with Crippen LogP contribution in [0.25, 0.3) is 0 Å². The minimum atomic E-state index is -0.570. The van der Waals surface area contributed by atoms with Gasteiger partial charge < -0.3 is 25.2 Å². The van der Waals surface area contributed by atoms with Crippen molar-refractivity contribution in [2.75, 3.05) is 32.9 Å². The topological polar surface area (TPSA) is 75.1 Å². The molecule has 2 rings (SSSR count). The maximum atomic E-state index is 10.1. The van der Waals surface area contributed by atoms with Crippen LogP contribution in [-0.2, 0) is 11.3 Å². The molecule has 1 aromatic carbocycles. The molecule has 1 aromatic rings. The molecule has 0 bridgehead atoms. The normalized spacial score (nSPS) is 15.6. The van der Waals surface area contributed by atoms with Crippen LogP contribution in [0.2, 0.25) is 0 Å². The SMILES string of the molecule is CCNC(=NCc1ccc(C)cc1OCC1CC1)NCC(O)COCC(C)C. The van der Waals surface area contributed by atoms with E-state index in [1.165, 1.54) is 18.4 Å². The number of ether oxygens (including phenoxy) is 2. The van der Waals surface area contributed by atoms with E-state index in [0.717, 1.165) is 30.4 Å². The molecular formula is C22H37N3O3. The van der Waals surface area contributed by atoms with Crippen molar-refractivity contribution in [1.29, 1.82) is 0 Å². The number of aryl methyl sites for hydroxylation is 1. The van der Waals surface area contributed by atoms with Crippen LogP contribution in [0.5, 0.6) is 5.75 Å². The summed E-state index contributed by atoms with van der Waals surface area (Å²) in [6.45, 7) is 11.7. The molecule has 0 amide bonds. The number of aliphatic hydroxyl groups is 1. The van der Waals surface area contributed by atoms with Crippen LogP contribution < -0.4 is 15.4 Å². The van der Waals surface area contributed by atoms with E-state index in [1.807, 2.05) is 6.92 Å². The molecule has 1 atom stereocenters. The lowest BCUT2D eigenvalue weighted by Crippen LogP contribution is -2.42. The number of aliphatic hydroxyl groups excluding tert-OH is 1. The second-order valence-electron chi connectivity index (χ2n) is 8.03. The first-order chi connectivity index (χ1) is 13.5. The number of benzene rings is 1. The lowest BCUT2D eigenvalue weighted by atomic mass is 10.1. The molecule has 6 nitrogen and oxygen atoms in total. The van der Waals surface area contributed by atoms with Gasteiger partial charge in [0.1, 0.15) is 5.75 Å². The minimum Gasteiger partial charge on any atom is -0.493 e. The second kappa shape index (κ2) is 11.9. The van der Waals surface area contributed by atoms with E-state index in [-0.39, 0.29) is 0 Å². The molecule has 1 fully saturated rings. The molecule has 1 saturated carbocycles. The van der Waals surface area contributed by atoms with Crippen molar-refractivity contribution in [2.24, 2.45) is 16.8 Å². The van der Waals surface area contributed by atoms with Gasteiger partial charge in [0.25, 0.3) is 0 Å². The van der Waals surface area contributed by atoms with Crippen molar-refractivity contribution in [3.05, 3.63) is 29.3 Å². The first-order valence-corrected chi connectivity index (χ1v) is 10.5. The summed E-state index contributed by atoms with van der Waals surface area (Å²) >= 11 is 0. The summed E-state index contributed by atoms with van der Waals surface area (Å²) in [6.07, 6.45) is 1.98. The Morgan fingerprint density at radius 2 is 2.04 bits per heavy atom. The fourth-order valence-corrected chi connectivity index (χ4v) is 2.64. The quantitative estimate of drug-likeness (QED) is 0.377. The van der Waals surface area contributed by atoms with Gasteiger partial charge in [-0.3, -0.25) is 0 Å². The van der Waals surface area contributed by atoms with Crippen LogP contribution in [0.1, 0.15) is 44.7 Å². The summed E-state index contributed by atoms with van der Waals surface area (Å²) in [7, 11) is 0. The molecule has 0 aliphatic heterocycles. The van der Waals surface area contributed by atoms with Gasteiger partial charge in [-0.2, -0.15) is 0 Å². The molecule has 6 heteroatoms. The average Bonchev–Trinajstić information content (AvgIpc) is 3.47. The smallest absolute Gasteiger partial charge is 0.191 e. The molecule has 3 N–H and O–H groups in total. The van der Waals surface area contributed by atoms with E-state index >= 15 is 0 Å². The highest BCUT2D eigenvalue weighted by atomic mass is 16.5. The molecule has 1 aliphatic carbocycles. The van der Waals surface area contributed by atoms with Crippen molar-refractivity contribution in [1.82, 2.24) is 10.6 Å². The predicted molar refractivity (Wildman–Crippen MR) is 114 cm³/mol. The molecule has 0 spiro atoms. The van der Waals surface area contributed by atoms with E-state index in [1.54, 1.807) is 0 Å². The molecule has 1 unspecified atom stereocenters. The Labute approximate surface area is 169 Å². The van der Waals surface area contributed by atoms with Crippen LogP contribution in [0.15, 0.2) is 23.2 Å². The van der Waals surface area contributed by atoms with Gasteiger partial charge >= 0.3 is 0 Å². The highest BCUT2D eigenvalue weighted by molar-refractivity contribution is 5.79. The number of hydrogen-bond acceptors (Lipinski definition) is 4. The Kier molecular flexibility index (Phi) is 9.58. The van der Waals surface area contributed by atoms with Gasteiger partial charge in [-0.25, -0.2) is 4.99 Å². The van der Waals surface area contributed by atoms with Gasteiger partial charge in [0.05, 0.1) is 25.9 Å². The average molecular weight is 392 g/mol.